The summed E-state index contributed by atoms with van der Waals surface area (Å²) < 4.78 is 10.3. The lowest BCUT2D eigenvalue weighted by molar-refractivity contribution is -0.149. The lowest BCUT2D eigenvalue weighted by Gasteiger charge is -2.21. The highest BCUT2D eigenvalue weighted by Gasteiger charge is 2.29. The minimum Gasteiger partial charge on any atom is -0.496 e. The van der Waals surface area contributed by atoms with Gasteiger partial charge in [0.2, 0.25) is 0 Å². The van der Waals surface area contributed by atoms with E-state index in [9.17, 15) is 4.79 Å². The minimum absolute atomic E-state index is 0.331. The number of hydrogen-bond donors (Lipinski definition) is 1. The van der Waals surface area contributed by atoms with E-state index in [2.05, 4.69) is 0 Å². The molecule has 0 aliphatic carbocycles. The SMILES string of the molecule is CCOC(=O)C(C)(N)CCCSc1ccccc1OC. The number of para-hydroxylation sites is 1. The van der Waals surface area contributed by atoms with E-state index in [-0.39, 0.29) is 5.97 Å². The molecule has 0 saturated carbocycles. The highest BCUT2D eigenvalue weighted by atomic mass is 32.2. The third-order valence-corrected chi connectivity index (χ3v) is 4.05. The maximum Gasteiger partial charge on any atom is 0.325 e. The quantitative estimate of drug-likeness (QED) is 0.454. The molecule has 1 rings (SSSR count). The van der Waals surface area contributed by atoms with Crippen molar-refractivity contribution in [2.45, 2.75) is 37.1 Å². The van der Waals surface area contributed by atoms with E-state index in [0.29, 0.717) is 13.0 Å². The zero-order valence-electron chi connectivity index (χ0n) is 12.3. The Balaban J connectivity index is 2.39. The lowest BCUT2D eigenvalue weighted by atomic mass is 9.98. The fraction of sp³-hybridized carbons (Fsp3) is 0.533. The summed E-state index contributed by atoms with van der Waals surface area (Å²) in [6, 6.07) is 7.89. The molecule has 1 aromatic carbocycles. The van der Waals surface area contributed by atoms with Gasteiger partial charge in [0.05, 0.1) is 13.7 Å². The van der Waals surface area contributed by atoms with Gasteiger partial charge in [0.1, 0.15) is 11.3 Å². The van der Waals surface area contributed by atoms with Crippen LogP contribution in [-0.2, 0) is 9.53 Å². The van der Waals surface area contributed by atoms with Crippen LogP contribution in [0.5, 0.6) is 5.75 Å². The van der Waals surface area contributed by atoms with Crippen LogP contribution in [0.2, 0.25) is 0 Å². The van der Waals surface area contributed by atoms with Gasteiger partial charge in [-0.3, -0.25) is 4.79 Å². The first-order valence-electron chi connectivity index (χ1n) is 6.73. The number of benzene rings is 1. The van der Waals surface area contributed by atoms with Gasteiger partial charge in [-0.1, -0.05) is 12.1 Å². The number of rotatable bonds is 8. The van der Waals surface area contributed by atoms with Crippen LogP contribution in [0.15, 0.2) is 29.2 Å². The molecule has 0 fully saturated rings. The number of thioether (sulfide) groups is 1. The zero-order valence-corrected chi connectivity index (χ0v) is 13.2. The van der Waals surface area contributed by atoms with Crippen molar-refractivity contribution in [1.82, 2.24) is 0 Å². The van der Waals surface area contributed by atoms with E-state index in [1.165, 1.54) is 0 Å². The van der Waals surface area contributed by atoms with Crippen LogP contribution in [0.4, 0.5) is 0 Å². The van der Waals surface area contributed by atoms with Gasteiger partial charge in [0.25, 0.3) is 0 Å². The van der Waals surface area contributed by atoms with Gasteiger partial charge in [-0.2, -0.15) is 0 Å². The molecule has 0 aromatic heterocycles. The topological polar surface area (TPSA) is 61.5 Å². The van der Waals surface area contributed by atoms with Crippen LogP contribution in [0.3, 0.4) is 0 Å². The van der Waals surface area contributed by atoms with E-state index in [4.69, 9.17) is 15.2 Å². The normalized spacial score (nSPS) is 13.6. The van der Waals surface area contributed by atoms with Crippen molar-refractivity contribution in [2.75, 3.05) is 19.5 Å². The van der Waals surface area contributed by atoms with E-state index in [0.717, 1.165) is 22.8 Å². The van der Waals surface area contributed by atoms with Gasteiger partial charge in [-0.15, -0.1) is 11.8 Å². The molecule has 0 amide bonds. The number of ether oxygens (including phenoxy) is 2. The minimum atomic E-state index is -0.905. The summed E-state index contributed by atoms with van der Waals surface area (Å²) in [7, 11) is 1.66. The molecule has 0 bridgehead atoms. The second kappa shape index (κ2) is 8.17. The molecule has 0 aliphatic rings. The van der Waals surface area contributed by atoms with Crippen molar-refractivity contribution >= 4 is 17.7 Å². The molecule has 20 heavy (non-hydrogen) atoms. The molecule has 1 aromatic rings. The monoisotopic (exact) mass is 297 g/mol. The molecule has 1 unspecified atom stereocenters. The van der Waals surface area contributed by atoms with Crippen LogP contribution in [0.1, 0.15) is 26.7 Å². The molecule has 5 heteroatoms. The summed E-state index contributed by atoms with van der Waals surface area (Å²) in [6.45, 7) is 3.87. The molecule has 112 valence electrons. The summed E-state index contributed by atoms with van der Waals surface area (Å²) in [5.74, 6) is 1.42. The Morgan fingerprint density at radius 1 is 1.40 bits per heavy atom. The van der Waals surface area contributed by atoms with Crippen molar-refractivity contribution in [1.29, 1.82) is 0 Å². The van der Waals surface area contributed by atoms with Gasteiger partial charge >= 0.3 is 5.97 Å². The molecule has 2 N–H and O–H groups in total. The van der Waals surface area contributed by atoms with Crippen LogP contribution in [0.25, 0.3) is 0 Å². The third kappa shape index (κ3) is 5.06. The average Bonchev–Trinajstić information content (AvgIpc) is 2.44. The average molecular weight is 297 g/mol. The molecule has 4 nitrogen and oxygen atoms in total. The first-order valence-corrected chi connectivity index (χ1v) is 7.71. The lowest BCUT2D eigenvalue weighted by Crippen LogP contribution is -2.46. The van der Waals surface area contributed by atoms with Gasteiger partial charge in [-0.05, 0) is 44.6 Å². The summed E-state index contributed by atoms with van der Waals surface area (Å²) in [6.07, 6.45) is 1.45. The molecule has 0 heterocycles. The summed E-state index contributed by atoms with van der Waals surface area (Å²) in [5.41, 5.74) is 5.07. The Bertz CT molecular complexity index is 435. The first-order chi connectivity index (χ1) is 9.51. The fourth-order valence-electron chi connectivity index (χ4n) is 1.76. The maximum atomic E-state index is 11.7. The number of methoxy groups -OCH3 is 1. The largest absolute Gasteiger partial charge is 0.496 e. The second-order valence-electron chi connectivity index (χ2n) is 4.74. The van der Waals surface area contributed by atoms with Crippen LogP contribution in [0, 0.1) is 0 Å². The highest BCUT2D eigenvalue weighted by Crippen LogP contribution is 2.29. The fourth-order valence-corrected chi connectivity index (χ4v) is 2.73. The Morgan fingerprint density at radius 3 is 2.75 bits per heavy atom. The Hall–Kier alpha value is -1.20. The molecule has 0 radical (unpaired) electrons. The Morgan fingerprint density at radius 2 is 2.10 bits per heavy atom. The predicted molar refractivity (Wildman–Crippen MR) is 82.2 cm³/mol. The zero-order chi connectivity index (χ0) is 15.0. The summed E-state index contributed by atoms with van der Waals surface area (Å²) >= 11 is 1.70. The van der Waals surface area contributed by atoms with Crippen LogP contribution < -0.4 is 10.5 Å². The summed E-state index contributed by atoms with van der Waals surface area (Å²) in [4.78, 5) is 12.8. The highest BCUT2D eigenvalue weighted by molar-refractivity contribution is 7.99. The van der Waals surface area contributed by atoms with E-state index >= 15 is 0 Å². The van der Waals surface area contributed by atoms with Gasteiger partial charge in [0.15, 0.2) is 0 Å². The van der Waals surface area contributed by atoms with Crippen molar-refractivity contribution < 1.29 is 14.3 Å². The Labute approximate surface area is 125 Å². The maximum absolute atomic E-state index is 11.7. The van der Waals surface area contributed by atoms with E-state index in [1.807, 2.05) is 24.3 Å². The van der Waals surface area contributed by atoms with Crippen LogP contribution >= 0.6 is 11.8 Å². The smallest absolute Gasteiger partial charge is 0.325 e. The molecule has 0 saturated heterocycles. The van der Waals surface area contributed by atoms with Gasteiger partial charge in [-0.25, -0.2) is 0 Å². The number of carbonyl (C=O) groups is 1. The van der Waals surface area contributed by atoms with Crippen molar-refractivity contribution in [2.24, 2.45) is 5.73 Å². The van der Waals surface area contributed by atoms with Gasteiger partial charge in [0, 0.05) is 4.90 Å². The predicted octanol–water partition coefficient (Wildman–Crippen LogP) is 2.85. The van der Waals surface area contributed by atoms with Crippen LogP contribution in [-0.4, -0.2) is 31.0 Å². The number of nitrogens with two attached hydrogens (primary N) is 1. The molecule has 0 aliphatic heterocycles. The standard InChI is InChI=1S/C15H23NO3S/c1-4-19-14(17)15(2,16)10-7-11-20-13-9-6-5-8-12(13)18-3/h5-6,8-9H,4,7,10-11,16H2,1-3H3. The number of carbonyl (C=O) groups excluding carboxylic acids is 1. The van der Waals surface area contributed by atoms with Crippen molar-refractivity contribution in [3.05, 3.63) is 24.3 Å². The van der Waals surface area contributed by atoms with Crippen molar-refractivity contribution in [3.63, 3.8) is 0 Å². The first kappa shape index (κ1) is 16.9. The van der Waals surface area contributed by atoms with E-state index in [1.54, 1.807) is 32.7 Å². The van der Waals surface area contributed by atoms with Crippen molar-refractivity contribution in [3.8, 4) is 5.75 Å². The molecule has 1 atom stereocenters. The molecule has 0 spiro atoms. The van der Waals surface area contributed by atoms with E-state index < -0.39 is 5.54 Å². The molecular formula is C15H23NO3S. The number of esters is 1. The Kier molecular flexibility index (Phi) is 6.88. The third-order valence-electron chi connectivity index (χ3n) is 2.91. The number of hydrogen-bond acceptors (Lipinski definition) is 5. The molecular weight excluding hydrogens is 274 g/mol. The second-order valence-corrected chi connectivity index (χ2v) is 5.88. The summed E-state index contributed by atoms with van der Waals surface area (Å²) in [5, 5.41) is 0. The van der Waals surface area contributed by atoms with Gasteiger partial charge < -0.3 is 15.2 Å².